The summed E-state index contributed by atoms with van der Waals surface area (Å²) in [6.45, 7) is 3.48. The Hall–Kier alpha value is -1.43. The highest BCUT2D eigenvalue weighted by Gasteiger charge is 2.24. The number of hydrogen-bond acceptors (Lipinski definition) is 3. The molecule has 0 aromatic carbocycles. The minimum absolute atomic E-state index is 0.241. The van der Waals surface area contributed by atoms with Gasteiger partial charge in [-0.05, 0) is 19.9 Å². The highest BCUT2D eigenvalue weighted by atomic mass is 32.1. The fraction of sp³-hybridized carbons (Fsp3) is 0.375. The number of amides is 1. The first-order valence-electron chi connectivity index (χ1n) is 4.05. The molecular weight excluding hydrogens is 200 g/mol. The number of aromatic nitrogens is 2. The molecule has 0 atom stereocenters. The van der Waals surface area contributed by atoms with E-state index in [4.69, 9.17) is 18.0 Å². The maximum Gasteiger partial charge on any atom is 0.270 e. The molecule has 0 fully saturated rings. The standard InChI is InChI=1S/C8H12N4OS/c1-8(2,7(9)14)11-6(13)5-3-4-10-12-5/h3-4H,1-2H3,(H2,9,14)(H,10,12)(H,11,13). The van der Waals surface area contributed by atoms with E-state index in [2.05, 4.69) is 15.5 Å². The first-order valence-corrected chi connectivity index (χ1v) is 4.46. The number of hydrogen-bond donors (Lipinski definition) is 3. The van der Waals surface area contributed by atoms with Crippen LogP contribution in [-0.2, 0) is 0 Å². The number of rotatable bonds is 3. The molecule has 0 radical (unpaired) electrons. The number of thiocarbonyl (C=S) groups is 1. The fourth-order valence-electron chi connectivity index (χ4n) is 0.795. The van der Waals surface area contributed by atoms with E-state index in [1.54, 1.807) is 19.9 Å². The number of aromatic amines is 1. The number of nitrogens with two attached hydrogens (primary N) is 1. The predicted molar refractivity (Wildman–Crippen MR) is 56.9 cm³/mol. The highest BCUT2D eigenvalue weighted by molar-refractivity contribution is 7.80. The zero-order valence-electron chi connectivity index (χ0n) is 8.00. The molecule has 0 spiro atoms. The Morgan fingerprint density at radius 2 is 2.36 bits per heavy atom. The lowest BCUT2D eigenvalue weighted by Crippen LogP contribution is -2.52. The predicted octanol–water partition coefficient (Wildman–Crippen LogP) is 0.204. The molecule has 1 rings (SSSR count). The van der Waals surface area contributed by atoms with E-state index in [9.17, 15) is 4.79 Å². The molecule has 14 heavy (non-hydrogen) atoms. The Labute approximate surface area is 87.1 Å². The minimum atomic E-state index is -0.697. The van der Waals surface area contributed by atoms with Crippen molar-refractivity contribution in [2.45, 2.75) is 19.4 Å². The van der Waals surface area contributed by atoms with Crippen LogP contribution in [0.5, 0.6) is 0 Å². The van der Waals surface area contributed by atoms with Gasteiger partial charge in [0.1, 0.15) is 5.69 Å². The van der Waals surface area contributed by atoms with E-state index in [1.165, 1.54) is 6.20 Å². The van der Waals surface area contributed by atoms with Crippen LogP contribution in [-0.4, -0.2) is 26.6 Å². The molecule has 6 heteroatoms. The summed E-state index contributed by atoms with van der Waals surface area (Å²) < 4.78 is 0. The van der Waals surface area contributed by atoms with Crippen molar-refractivity contribution in [3.8, 4) is 0 Å². The van der Waals surface area contributed by atoms with Gasteiger partial charge in [0.05, 0.1) is 10.5 Å². The van der Waals surface area contributed by atoms with Crippen LogP contribution < -0.4 is 11.1 Å². The molecule has 0 aliphatic rings. The van der Waals surface area contributed by atoms with Crippen molar-refractivity contribution in [2.24, 2.45) is 5.73 Å². The van der Waals surface area contributed by atoms with Crippen molar-refractivity contribution >= 4 is 23.1 Å². The fourth-order valence-corrected chi connectivity index (χ4v) is 0.846. The average molecular weight is 212 g/mol. The largest absolute Gasteiger partial charge is 0.391 e. The van der Waals surface area contributed by atoms with Gasteiger partial charge in [0.25, 0.3) is 5.91 Å². The first-order chi connectivity index (χ1) is 6.43. The third-order valence-corrected chi connectivity index (χ3v) is 2.30. The maximum atomic E-state index is 11.5. The van der Waals surface area contributed by atoms with Gasteiger partial charge >= 0.3 is 0 Å². The Balaban J connectivity index is 2.71. The molecule has 0 saturated carbocycles. The number of nitrogens with one attached hydrogen (secondary N) is 2. The normalized spacial score (nSPS) is 11.0. The van der Waals surface area contributed by atoms with Crippen molar-refractivity contribution in [1.82, 2.24) is 15.5 Å². The van der Waals surface area contributed by atoms with Crippen LogP contribution in [0, 0.1) is 0 Å². The van der Waals surface area contributed by atoms with E-state index in [0.29, 0.717) is 5.69 Å². The molecule has 5 nitrogen and oxygen atoms in total. The quantitative estimate of drug-likeness (QED) is 0.625. The first kappa shape index (κ1) is 10.6. The van der Waals surface area contributed by atoms with Gasteiger partial charge in [-0.2, -0.15) is 5.10 Å². The summed E-state index contributed by atoms with van der Waals surface area (Å²) >= 11 is 4.82. The Kier molecular flexibility index (Phi) is 2.85. The van der Waals surface area contributed by atoms with Gasteiger partial charge in [-0.3, -0.25) is 9.89 Å². The van der Waals surface area contributed by atoms with Crippen molar-refractivity contribution in [2.75, 3.05) is 0 Å². The molecule has 1 aromatic rings. The lowest BCUT2D eigenvalue weighted by atomic mass is 10.1. The summed E-state index contributed by atoms with van der Waals surface area (Å²) in [7, 11) is 0. The Bertz CT molecular complexity index is 344. The molecule has 0 unspecified atom stereocenters. The molecule has 1 aromatic heterocycles. The lowest BCUT2D eigenvalue weighted by molar-refractivity contribution is 0.0927. The summed E-state index contributed by atoms with van der Waals surface area (Å²) in [6.07, 6.45) is 1.50. The van der Waals surface area contributed by atoms with Crippen LogP contribution in [0.2, 0.25) is 0 Å². The van der Waals surface area contributed by atoms with Gasteiger partial charge in [0.2, 0.25) is 0 Å². The molecule has 0 saturated heterocycles. The average Bonchev–Trinajstić information content (AvgIpc) is 2.54. The summed E-state index contributed by atoms with van der Waals surface area (Å²) in [5, 5.41) is 8.90. The van der Waals surface area contributed by atoms with Crippen LogP contribution in [0.15, 0.2) is 12.3 Å². The smallest absolute Gasteiger partial charge is 0.270 e. The molecule has 1 amide bonds. The van der Waals surface area contributed by atoms with Gasteiger partial charge in [0, 0.05) is 6.20 Å². The second kappa shape index (κ2) is 3.75. The van der Waals surface area contributed by atoms with Crippen LogP contribution in [0.25, 0.3) is 0 Å². The number of H-pyrrole nitrogens is 1. The van der Waals surface area contributed by atoms with E-state index in [-0.39, 0.29) is 10.9 Å². The zero-order valence-corrected chi connectivity index (χ0v) is 8.81. The maximum absolute atomic E-state index is 11.5. The van der Waals surface area contributed by atoms with E-state index in [0.717, 1.165) is 0 Å². The zero-order chi connectivity index (χ0) is 10.8. The Morgan fingerprint density at radius 1 is 1.71 bits per heavy atom. The summed E-state index contributed by atoms with van der Waals surface area (Å²) in [5.74, 6) is -0.277. The van der Waals surface area contributed by atoms with Crippen LogP contribution >= 0.6 is 12.2 Å². The molecule has 1 heterocycles. The van der Waals surface area contributed by atoms with E-state index < -0.39 is 5.54 Å². The molecule has 0 aliphatic heterocycles. The monoisotopic (exact) mass is 212 g/mol. The van der Waals surface area contributed by atoms with Crippen LogP contribution in [0.4, 0.5) is 0 Å². The highest BCUT2D eigenvalue weighted by Crippen LogP contribution is 2.04. The number of nitrogens with zero attached hydrogens (tertiary/aromatic N) is 1. The van der Waals surface area contributed by atoms with Crippen molar-refractivity contribution in [3.63, 3.8) is 0 Å². The molecule has 0 bridgehead atoms. The van der Waals surface area contributed by atoms with Gasteiger partial charge in [0.15, 0.2) is 0 Å². The van der Waals surface area contributed by atoms with Crippen LogP contribution in [0.3, 0.4) is 0 Å². The number of carbonyl (C=O) groups excluding carboxylic acids is 1. The topological polar surface area (TPSA) is 83.8 Å². The molecule has 76 valence electrons. The molecule has 0 aliphatic carbocycles. The van der Waals surface area contributed by atoms with Crippen molar-refractivity contribution < 1.29 is 4.79 Å². The lowest BCUT2D eigenvalue weighted by Gasteiger charge is -2.24. The SMILES string of the molecule is CC(C)(NC(=O)c1ccn[nH]1)C(N)=S. The van der Waals surface area contributed by atoms with Crippen molar-refractivity contribution in [1.29, 1.82) is 0 Å². The molecule has 4 N–H and O–H groups in total. The Morgan fingerprint density at radius 3 is 2.79 bits per heavy atom. The number of carbonyl (C=O) groups is 1. The van der Waals surface area contributed by atoms with Crippen molar-refractivity contribution in [3.05, 3.63) is 18.0 Å². The third-order valence-electron chi connectivity index (χ3n) is 1.79. The summed E-state index contributed by atoms with van der Waals surface area (Å²) in [4.78, 5) is 11.8. The van der Waals surface area contributed by atoms with E-state index in [1.807, 2.05) is 0 Å². The summed E-state index contributed by atoms with van der Waals surface area (Å²) in [6, 6.07) is 1.57. The summed E-state index contributed by atoms with van der Waals surface area (Å²) in [5.41, 5.74) is 5.15. The third kappa shape index (κ3) is 2.29. The van der Waals surface area contributed by atoms with Gasteiger partial charge in [-0.25, -0.2) is 0 Å². The second-order valence-corrected chi connectivity index (χ2v) is 3.85. The van der Waals surface area contributed by atoms with Gasteiger partial charge < -0.3 is 11.1 Å². The van der Waals surface area contributed by atoms with Gasteiger partial charge in [-0.15, -0.1) is 0 Å². The van der Waals surface area contributed by atoms with E-state index >= 15 is 0 Å². The molecular formula is C8H12N4OS. The minimum Gasteiger partial charge on any atom is -0.391 e. The second-order valence-electron chi connectivity index (χ2n) is 3.41. The van der Waals surface area contributed by atoms with Gasteiger partial charge in [-0.1, -0.05) is 12.2 Å². The van der Waals surface area contributed by atoms with Crippen LogP contribution in [0.1, 0.15) is 24.3 Å².